The molecule has 4 nitrogen and oxygen atoms in total. The molecule has 0 aromatic rings. The van der Waals surface area contributed by atoms with Crippen molar-refractivity contribution in [1.29, 1.82) is 0 Å². The fraction of sp³-hybridized carbons (Fsp3) is 0.857. The van der Waals surface area contributed by atoms with Crippen LogP contribution in [0.1, 0.15) is 90.4 Å². The molecule has 2 unspecified atom stereocenters. The van der Waals surface area contributed by atoms with Gasteiger partial charge in [-0.3, -0.25) is 4.79 Å². The van der Waals surface area contributed by atoms with Crippen LogP contribution in [0.4, 0.5) is 0 Å². The van der Waals surface area contributed by atoms with E-state index in [-0.39, 0.29) is 0 Å². The molecule has 1 aliphatic heterocycles. The van der Waals surface area contributed by atoms with Crippen molar-refractivity contribution < 1.29 is 19.4 Å². The number of ether oxygens (including phenoxy) is 2. The Morgan fingerprint density at radius 1 is 1.12 bits per heavy atom. The van der Waals surface area contributed by atoms with Gasteiger partial charge in [-0.05, 0) is 32.1 Å². The number of carbonyl (C=O) groups is 1. The Balaban J connectivity index is 2.01. The van der Waals surface area contributed by atoms with E-state index in [1.807, 2.05) is 0 Å². The second-order valence-electron chi connectivity index (χ2n) is 7.17. The molecule has 4 heteroatoms. The fourth-order valence-electron chi connectivity index (χ4n) is 2.91. The van der Waals surface area contributed by atoms with Gasteiger partial charge in [0.25, 0.3) is 0 Å². The lowest BCUT2D eigenvalue weighted by molar-refractivity contribution is -0.137. The summed E-state index contributed by atoms with van der Waals surface area (Å²) in [5.41, 5.74) is 0. The summed E-state index contributed by atoms with van der Waals surface area (Å²) in [5.74, 6) is -0.678. The molecule has 0 aliphatic carbocycles. The van der Waals surface area contributed by atoms with E-state index in [0.29, 0.717) is 18.6 Å². The lowest BCUT2D eigenvalue weighted by Gasteiger charge is -2.15. The second-order valence-corrected chi connectivity index (χ2v) is 7.17. The third-order valence-corrected chi connectivity index (χ3v) is 4.63. The van der Waals surface area contributed by atoms with E-state index in [1.165, 1.54) is 38.5 Å². The van der Waals surface area contributed by atoms with Gasteiger partial charge in [-0.1, -0.05) is 64.0 Å². The minimum Gasteiger partial charge on any atom is -0.481 e. The molecule has 0 amide bonds. The standard InChI is InChI=1S/C21H38O4/c1-2-3-4-11-14-19(24-17-20-18-25-20)15-12-9-7-5-6-8-10-13-16-21(22)23/h9,12,19-20H,2-8,10-11,13-18H2,1H3,(H,22,23)/b12-9+. The molecule has 0 bridgehead atoms. The van der Waals surface area contributed by atoms with Gasteiger partial charge in [-0.25, -0.2) is 0 Å². The molecular weight excluding hydrogens is 316 g/mol. The van der Waals surface area contributed by atoms with Crippen LogP contribution in [0.3, 0.4) is 0 Å². The van der Waals surface area contributed by atoms with Crippen molar-refractivity contribution in [2.75, 3.05) is 13.2 Å². The van der Waals surface area contributed by atoms with Crippen molar-refractivity contribution in [2.24, 2.45) is 0 Å². The van der Waals surface area contributed by atoms with E-state index in [0.717, 1.165) is 51.7 Å². The third-order valence-electron chi connectivity index (χ3n) is 4.63. The number of carboxylic acid groups (broad SMARTS) is 1. The summed E-state index contributed by atoms with van der Waals surface area (Å²) in [6.45, 7) is 3.86. The van der Waals surface area contributed by atoms with Crippen LogP contribution in [-0.2, 0) is 14.3 Å². The number of allylic oxidation sites excluding steroid dienone is 1. The molecule has 1 fully saturated rings. The molecule has 25 heavy (non-hydrogen) atoms. The van der Waals surface area contributed by atoms with Crippen molar-refractivity contribution in [3.63, 3.8) is 0 Å². The van der Waals surface area contributed by atoms with E-state index < -0.39 is 5.97 Å². The number of hydrogen-bond acceptors (Lipinski definition) is 3. The summed E-state index contributed by atoms with van der Waals surface area (Å²) in [7, 11) is 0. The van der Waals surface area contributed by atoms with Gasteiger partial charge < -0.3 is 14.6 Å². The maximum atomic E-state index is 10.4. The number of rotatable bonds is 18. The van der Waals surface area contributed by atoms with Crippen molar-refractivity contribution in [1.82, 2.24) is 0 Å². The predicted molar refractivity (Wildman–Crippen MR) is 102 cm³/mol. The van der Waals surface area contributed by atoms with E-state index in [2.05, 4.69) is 19.1 Å². The molecule has 1 aliphatic rings. The Kier molecular flexibility index (Phi) is 13.6. The van der Waals surface area contributed by atoms with E-state index >= 15 is 0 Å². The average Bonchev–Trinajstić information content (AvgIpc) is 3.41. The van der Waals surface area contributed by atoms with E-state index in [1.54, 1.807) is 0 Å². The summed E-state index contributed by atoms with van der Waals surface area (Å²) in [6.07, 6.45) is 19.4. The highest BCUT2D eigenvalue weighted by Crippen LogP contribution is 2.16. The van der Waals surface area contributed by atoms with Gasteiger partial charge in [-0.15, -0.1) is 0 Å². The number of carboxylic acids is 1. The van der Waals surface area contributed by atoms with Crippen LogP contribution in [0.5, 0.6) is 0 Å². The molecule has 0 radical (unpaired) electrons. The Bertz CT molecular complexity index is 350. The molecule has 0 spiro atoms. The Labute approximate surface area is 154 Å². The van der Waals surface area contributed by atoms with Crippen molar-refractivity contribution >= 4 is 5.97 Å². The first-order valence-corrected chi connectivity index (χ1v) is 10.3. The van der Waals surface area contributed by atoms with Gasteiger partial charge in [0.15, 0.2) is 0 Å². The zero-order chi connectivity index (χ0) is 18.2. The molecule has 0 aromatic carbocycles. The lowest BCUT2D eigenvalue weighted by atomic mass is 10.1. The van der Waals surface area contributed by atoms with E-state index in [4.69, 9.17) is 14.6 Å². The molecule has 146 valence electrons. The highest BCUT2D eigenvalue weighted by Gasteiger charge is 2.23. The number of epoxide rings is 1. The fourth-order valence-corrected chi connectivity index (χ4v) is 2.91. The Morgan fingerprint density at radius 3 is 2.56 bits per heavy atom. The van der Waals surface area contributed by atoms with Crippen LogP contribution in [-0.4, -0.2) is 36.5 Å². The minimum atomic E-state index is -0.678. The van der Waals surface area contributed by atoms with Gasteiger partial charge in [-0.2, -0.15) is 0 Å². The molecule has 1 rings (SSSR count). The first-order valence-electron chi connectivity index (χ1n) is 10.3. The number of hydrogen-bond donors (Lipinski definition) is 1. The van der Waals surface area contributed by atoms with Gasteiger partial charge in [0.05, 0.1) is 19.3 Å². The summed E-state index contributed by atoms with van der Waals surface area (Å²) >= 11 is 0. The quantitative estimate of drug-likeness (QED) is 0.200. The van der Waals surface area contributed by atoms with Crippen molar-refractivity contribution in [3.8, 4) is 0 Å². The molecule has 0 saturated carbocycles. The molecular formula is C21H38O4. The third kappa shape index (κ3) is 15.1. The summed E-state index contributed by atoms with van der Waals surface area (Å²) < 4.78 is 11.3. The smallest absolute Gasteiger partial charge is 0.303 e. The van der Waals surface area contributed by atoms with Gasteiger partial charge >= 0.3 is 5.97 Å². The van der Waals surface area contributed by atoms with Gasteiger partial charge in [0, 0.05) is 6.42 Å². The molecule has 0 aromatic heterocycles. The highest BCUT2D eigenvalue weighted by atomic mass is 16.6. The monoisotopic (exact) mass is 354 g/mol. The van der Waals surface area contributed by atoms with Crippen molar-refractivity contribution in [3.05, 3.63) is 12.2 Å². The number of unbranched alkanes of at least 4 members (excludes halogenated alkanes) is 8. The Hall–Kier alpha value is -0.870. The SMILES string of the molecule is CCCCCCC(C/C=C/CCCCCCCC(=O)O)OCC1CO1. The van der Waals surface area contributed by atoms with Crippen LogP contribution in [0, 0.1) is 0 Å². The average molecular weight is 355 g/mol. The molecule has 1 N–H and O–H groups in total. The van der Waals surface area contributed by atoms with Crippen LogP contribution in [0.25, 0.3) is 0 Å². The van der Waals surface area contributed by atoms with Gasteiger partial charge in [0.1, 0.15) is 6.10 Å². The zero-order valence-electron chi connectivity index (χ0n) is 16.1. The van der Waals surface area contributed by atoms with Crippen LogP contribution >= 0.6 is 0 Å². The zero-order valence-corrected chi connectivity index (χ0v) is 16.1. The summed E-state index contributed by atoms with van der Waals surface area (Å²) in [4.78, 5) is 10.4. The maximum Gasteiger partial charge on any atom is 0.303 e. The summed E-state index contributed by atoms with van der Waals surface area (Å²) in [5, 5.41) is 8.58. The van der Waals surface area contributed by atoms with Crippen molar-refractivity contribution in [2.45, 2.75) is 103 Å². The molecule has 1 saturated heterocycles. The molecule has 1 heterocycles. The summed E-state index contributed by atoms with van der Waals surface area (Å²) in [6, 6.07) is 0. The second kappa shape index (κ2) is 15.4. The first kappa shape index (κ1) is 22.2. The topological polar surface area (TPSA) is 59.1 Å². The van der Waals surface area contributed by atoms with Crippen LogP contribution < -0.4 is 0 Å². The van der Waals surface area contributed by atoms with Gasteiger partial charge in [0.2, 0.25) is 0 Å². The molecule has 2 atom stereocenters. The van der Waals surface area contributed by atoms with E-state index in [9.17, 15) is 4.79 Å². The Morgan fingerprint density at radius 2 is 1.84 bits per heavy atom. The number of aliphatic carboxylic acids is 1. The lowest BCUT2D eigenvalue weighted by Crippen LogP contribution is -2.15. The van der Waals surface area contributed by atoms with Crippen LogP contribution in [0.15, 0.2) is 12.2 Å². The first-order chi connectivity index (χ1) is 12.2. The van der Waals surface area contributed by atoms with Crippen LogP contribution in [0.2, 0.25) is 0 Å². The normalized spacial score (nSPS) is 17.9. The maximum absolute atomic E-state index is 10.4. The predicted octanol–water partition coefficient (Wildman–Crippen LogP) is 5.50. The largest absolute Gasteiger partial charge is 0.481 e. The highest BCUT2D eigenvalue weighted by molar-refractivity contribution is 5.66. The minimum absolute atomic E-state index is 0.311.